The van der Waals surface area contributed by atoms with Crippen LogP contribution in [0, 0.1) is 12.8 Å². The molecule has 158 valence electrons. The summed E-state index contributed by atoms with van der Waals surface area (Å²) in [7, 11) is 0. The Morgan fingerprint density at radius 1 is 1.13 bits per heavy atom. The number of esters is 1. The van der Waals surface area contributed by atoms with E-state index in [0.717, 1.165) is 24.6 Å². The fourth-order valence-electron chi connectivity index (χ4n) is 4.39. The number of carbonyl (C=O) groups excluding carboxylic acids is 1. The van der Waals surface area contributed by atoms with Crippen LogP contribution in [0.2, 0.25) is 0 Å². The van der Waals surface area contributed by atoms with Crippen LogP contribution in [0.25, 0.3) is 5.57 Å². The molecule has 4 rings (SSSR count). The molecule has 0 atom stereocenters. The lowest BCUT2D eigenvalue weighted by Gasteiger charge is -2.35. The third-order valence-corrected chi connectivity index (χ3v) is 6.53. The number of fused-ring (bicyclic) bond motifs is 1. The van der Waals surface area contributed by atoms with E-state index in [2.05, 4.69) is 62.9 Å². The van der Waals surface area contributed by atoms with Crippen LogP contribution in [0.5, 0.6) is 0 Å². The first kappa shape index (κ1) is 20.7. The highest BCUT2D eigenvalue weighted by Gasteiger charge is 2.30. The first-order valence-corrected chi connectivity index (χ1v) is 11.2. The Morgan fingerprint density at radius 3 is 2.47 bits per heavy atom. The van der Waals surface area contributed by atoms with Crippen molar-refractivity contribution in [3.05, 3.63) is 64.7 Å². The summed E-state index contributed by atoms with van der Waals surface area (Å²) in [5, 5.41) is 0. The molecule has 30 heavy (non-hydrogen) atoms. The second-order valence-corrected chi connectivity index (χ2v) is 9.48. The molecule has 3 nitrogen and oxygen atoms in total. The molecule has 0 amide bonds. The van der Waals surface area contributed by atoms with E-state index in [1.54, 1.807) is 0 Å². The maximum absolute atomic E-state index is 12.1. The summed E-state index contributed by atoms with van der Waals surface area (Å²) in [6.45, 7) is 12.4. The number of ether oxygens (including phenoxy) is 1. The zero-order valence-electron chi connectivity index (χ0n) is 18.9. The standard InChI is InChI=1S/C27H33NO2/c1-6-30-26(29)21-9-11-22(12-10-21)28(17-20-7-8-20)25-16-24-23(15-19(25)3)18(2)13-14-27(24,4)5/h9-13,15-16,20H,6-8,14,17H2,1-5H3. The smallest absolute Gasteiger partial charge is 0.338 e. The molecule has 2 aliphatic carbocycles. The van der Waals surface area contributed by atoms with E-state index in [1.807, 2.05) is 19.1 Å². The van der Waals surface area contributed by atoms with E-state index in [-0.39, 0.29) is 11.4 Å². The Bertz CT molecular complexity index is 981. The van der Waals surface area contributed by atoms with Gasteiger partial charge in [0.05, 0.1) is 12.2 Å². The van der Waals surface area contributed by atoms with Gasteiger partial charge in [0, 0.05) is 17.9 Å². The van der Waals surface area contributed by atoms with Gasteiger partial charge in [-0.2, -0.15) is 0 Å². The number of allylic oxidation sites excluding steroid dienone is 2. The Morgan fingerprint density at radius 2 is 1.83 bits per heavy atom. The molecule has 0 heterocycles. The highest BCUT2D eigenvalue weighted by Crippen LogP contribution is 2.44. The summed E-state index contributed by atoms with van der Waals surface area (Å²) in [4.78, 5) is 14.5. The number of benzene rings is 2. The molecular formula is C27H33NO2. The number of aryl methyl sites for hydroxylation is 1. The van der Waals surface area contributed by atoms with Crippen LogP contribution < -0.4 is 4.90 Å². The van der Waals surface area contributed by atoms with Gasteiger partial charge in [-0.3, -0.25) is 0 Å². The van der Waals surface area contributed by atoms with E-state index in [9.17, 15) is 4.79 Å². The van der Waals surface area contributed by atoms with Crippen molar-refractivity contribution in [3.8, 4) is 0 Å². The minimum Gasteiger partial charge on any atom is -0.462 e. The minimum absolute atomic E-state index is 0.135. The molecule has 0 bridgehead atoms. The van der Waals surface area contributed by atoms with Crippen molar-refractivity contribution < 1.29 is 9.53 Å². The van der Waals surface area contributed by atoms with Crippen molar-refractivity contribution >= 4 is 22.9 Å². The van der Waals surface area contributed by atoms with Gasteiger partial charge in [0.25, 0.3) is 0 Å². The van der Waals surface area contributed by atoms with Crippen LogP contribution in [0.1, 0.15) is 74.0 Å². The lowest BCUT2D eigenvalue weighted by molar-refractivity contribution is 0.0526. The lowest BCUT2D eigenvalue weighted by atomic mass is 9.73. The van der Waals surface area contributed by atoms with Gasteiger partial charge < -0.3 is 9.64 Å². The zero-order valence-corrected chi connectivity index (χ0v) is 18.9. The molecule has 1 saturated carbocycles. The number of hydrogen-bond donors (Lipinski definition) is 0. The molecule has 0 spiro atoms. The molecule has 1 fully saturated rings. The third-order valence-electron chi connectivity index (χ3n) is 6.53. The predicted octanol–water partition coefficient (Wildman–Crippen LogP) is 6.80. The number of anilines is 2. The van der Waals surface area contributed by atoms with Gasteiger partial charge in [-0.1, -0.05) is 19.9 Å². The van der Waals surface area contributed by atoms with Crippen molar-refractivity contribution in [1.29, 1.82) is 0 Å². The first-order valence-electron chi connectivity index (χ1n) is 11.2. The molecule has 2 aromatic rings. The highest BCUT2D eigenvalue weighted by atomic mass is 16.5. The summed E-state index contributed by atoms with van der Waals surface area (Å²) in [6, 6.07) is 12.7. The molecule has 0 saturated heterocycles. The molecule has 0 aromatic heterocycles. The lowest BCUT2D eigenvalue weighted by Crippen LogP contribution is -2.25. The molecule has 0 unspecified atom stereocenters. The van der Waals surface area contributed by atoms with Crippen LogP contribution in [-0.2, 0) is 10.2 Å². The molecule has 0 aliphatic heterocycles. The monoisotopic (exact) mass is 403 g/mol. The number of carbonyl (C=O) groups is 1. The maximum Gasteiger partial charge on any atom is 0.338 e. The zero-order chi connectivity index (χ0) is 21.5. The van der Waals surface area contributed by atoms with Gasteiger partial charge in [-0.25, -0.2) is 4.79 Å². The van der Waals surface area contributed by atoms with Gasteiger partial charge in [-0.05, 0) is 110 Å². The Balaban J connectivity index is 1.75. The molecule has 2 aromatic carbocycles. The summed E-state index contributed by atoms with van der Waals surface area (Å²) < 4.78 is 5.14. The Hall–Kier alpha value is -2.55. The SMILES string of the molecule is CCOC(=O)c1ccc(N(CC2CC2)c2cc3c(cc2C)C(C)=CCC3(C)C)cc1. The second-order valence-electron chi connectivity index (χ2n) is 9.48. The van der Waals surface area contributed by atoms with Gasteiger partial charge >= 0.3 is 5.97 Å². The fraction of sp³-hybridized carbons (Fsp3) is 0.444. The number of hydrogen-bond acceptors (Lipinski definition) is 3. The second kappa shape index (κ2) is 7.94. The van der Waals surface area contributed by atoms with E-state index >= 15 is 0 Å². The Labute approximate surface area is 180 Å². The number of nitrogens with zero attached hydrogens (tertiary/aromatic N) is 1. The summed E-state index contributed by atoms with van der Waals surface area (Å²) in [5.41, 5.74) is 8.67. The number of rotatable bonds is 6. The van der Waals surface area contributed by atoms with Crippen LogP contribution >= 0.6 is 0 Å². The maximum atomic E-state index is 12.1. The predicted molar refractivity (Wildman–Crippen MR) is 125 cm³/mol. The van der Waals surface area contributed by atoms with E-state index < -0.39 is 0 Å². The third kappa shape index (κ3) is 4.03. The summed E-state index contributed by atoms with van der Waals surface area (Å²) in [5.74, 6) is 0.492. The molecular weight excluding hydrogens is 370 g/mol. The quantitative estimate of drug-likeness (QED) is 0.497. The highest BCUT2D eigenvalue weighted by molar-refractivity contribution is 5.90. The molecule has 0 N–H and O–H groups in total. The van der Waals surface area contributed by atoms with Gasteiger partial charge in [-0.15, -0.1) is 0 Å². The van der Waals surface area contributed by atoms with E-state index in [1.165, 1.54) is 40.8 Å². The molecule has 3 heteroatoms. The molecule has 2 aliphatic rings. The van der Waals surface area contributed by atoms with E-state index in [4.69, 9.17) is 4.74 Å². The average Bonchev–Trinajstić information content (AvgIpc) is 3.54. The van der Waals surface area contributed by atoms with Crippen LogP contribution in [-0.4, -0.2) is 19.1 Å². The van der Waals surface area contributed by atoms with Crippen LogP contribution in [0.3, 0.4) is 0 Å². The van der Waals surface area contributed by atoms with Gasteiger partial charge in [0.2, 0.25) is 0 Å². The van der Waals surface area contributed by atoms with Crippen LogP contribution in [0.15, 0.2) is 42.5 Å². The van der Waals surface area contributed by atoms with Gasteiger partial charge in [0.1, 0.15) is 0 Å². The van der Waals surface area contributed by atoms with Crippen molar-refractivity contribution in [3.63, 3.8) is 0 Å². The topological polar surface area (TPSA) is 29.5 Å². The van der Waals surface area contributed by atoms with Crippen molar-refractivity contribution in [1.82, 2.24) is 0 Å². The van der Waals surface area contributed by atoms with Crippen molar-refractivity contribution in [2.75, 3.05) is 18.1 Å². The largest absolute Gasteiger partial charge is 0.462 e. The molecule has 0 radical (unpaired) electrons. The normalized spacial score (nSPS) is 17.2. The van der Waals surface area contributed by atoms with Crippen LogP contribution in [0.4, 0.5) is 11.4 Å². The Kier molecular flexibility index (Phi) is 5.48. The average molecular weight is 404 g/mol. The van der Waals surface area contributed by atoms with E-state index in [0.29, 0.717) is 12.2 Å². The first-order chi connectivity index (χ1) is 14.3. The summed E-state index contributed by atoms with van der Waals surface area (Å²) in [6.07, 6.45) is 6.05. The van der Waals surface area contributed by atoms with Gasteiger partial charge in [0.15, 0.2) is 0 Å². The van der Waals surface area contributed by atoms with Crippen molar-refractivity contribution in [2.45, 2.75) is 59.3 Å². The minimum atomic E-state index is -0.258. The fourth-order valence-corrected chi connectivity index (χ4v) is 4.39. The van der Waals surface area contributed by atoms with Crippen molar-refractivity contribution in [2.24, 2.45) is 5.92 Å². The summed E-state index contributed by atoms with van der Waals surface area (Å²) >= 11 is 0.